The average Bonchev–Trinajstić information content (AvgIpc) is 2.98. The first kappa shape index (κ1) is 14.1. The molecule has 0 saturated carbocycles. The summed E-state index contributed by atoms with van der Waals surface area (Å²) in [7, 11) is 0. The van der Waals surface area contributed by atoms with Gasteiger partial charge in [0.25, 0.3) is 0 Å². The minimum atomic E-state index is 0.283. The van der Waals surface area contributed by atoms with Crippen LogP contribution in [0, 0.1) is 11.3 Å². The number of thiazole rings is 1. The molecule has 106 valence electrons. The maximum Gasteiger partial charge on any atom is 0.166 e. The van der Waals surface area contributed by atoms with Gasteiger partial charge in [0.1, 0.15) is 10.7 Å². The molecular formula is C17H12N4S. The molecule has 3 rings (SSSR count). The molecule has 0 amide bonds. The van der Waals surface area contributed by atoms with Gasteiger partial charge in [-0.1, -0.05) is 59.9 Å². The minimum Gasteiger partial charge on any atom is -0.238 e. The SMILES string of the molecule is N#CCc1nc(-c2ccccc2)c(N=Nc2ccccc2)s1. The number of hydrogen-bond donors (Lipinski definition) is 0. The van der Waals surface area contributed by atoms with Gasteiger partial charge in [0.15, 0.2) is 5.00 Å². The van der Waals surface area contributed by atoms with Crippen LogP contribution in [0.25, 0.3) is 11.3 Å². The maximum absolute atomic E-state index is 8.86. The second-order valence-corrected chi connectivity index (χ2v) is 5.56. The van der Waals surface area contributed by atoms with Gasteiger partial charge in [-0.2, -0.15) is 5.26 Å². The number of benzene rings is 2. The highest BCUT2D eigenvalue weighted by atomic mass is 32.1. The first-order valence-corrected chi connectivity index (χ1v) is 7.57. The van der Waals surface area contributed by atoms with Crippen LogP contribution in [0.4, 0.5) is 10.7 Å². The van der Waals surface area contributed by atoms with Crippen LogP contribution in [0.5, 0.6) is 0 Å². The van der Waals surface area contributed by atoms with Crippen molar-refractivity contribution in [1.82, 2.24) is 4.98 Å². The lowest BCUT2D eigenvalue weighted by Crippen LogP contribution is -1.81. The van der Waals surface area contributed by atoms with Gasteiger partial charge in [-0.15, -0.1) is 10.2 Å². The van der Waals surface area contributed by atoms with Crippen molar-refractivity contribution in [3.63, 3.8) is 0 Å². The number of nitriles is 1. The third kappa shape index (κ3) is 3.25. The summed E-state index contributed by atoms with van der Waals surface area (Å²) in [5.74, 6) is 0. The van der Waals surface area contributed by atoms with Gasteiger partial charge in [0, 0.05) is 5.56 Å². The van der Waals surface area contributed by atoms with E-state index in [-0.39, 0.29) is 6.42 Å². The predicted molar refractivity (Wildman–Crippen MR) is 87.5 cm³/mol. The molecular weight excluding hydrogens is 292 g/mol. The summed E-state index contributed by atoms with van der Waals surface area (Å²) in [4.78, 5) is 4.52. The van der Waals surface area contributed by atoms with Crippen molar-refractivity contribution in [2.75, 3.05) is 0 Å². The molecule has 0 fully saturated rings. The Hall–Kier alpha value is -2.84. The van der Waals surface area contributed by atoms with E-state index in [0.717, 1.165) is 27.0 Å². The lowest BCUT2D eigenvalue weighted by Gasteiger charge is -1.97. The first-order chi connectivity index (χ1) is 10.9. The summed E-state index contributed by atoms with van der Waals surface area (Å²) in [5, 5.41) is 18.9. The van der Waals surface area contributed by atoms with E-state index in [2.05, 4.69) is 21.3 Å². The predicted octanol–water partition coefficient (Wildman–Crippen LogP) is 5.29. The van der Waals surface area contributed by atoms with Crippen molar-refractivity contribution < 1.29 is 0 Å². The van der Waals surface area contributed by atoms with E-state index >= 15 is 0 Å². The van der Waals surface area contributed by atoms with Crippen molar-refractivity contribution in [3.05, 3.63) is 65.7 Å². The Bertz CT molecular complexity index is 817. The maximum atomic E-state index is 8.86. The van der Waals surface area contributed by atoms with E-state index in [1.165, 1.54) is 11.3 Å². The Morgan fingerprint density at radius 3 is 2.32 bits per heavy atom. The number of rotatable bonds is 4. The van der Waals surface area contributed by atoms with Crippen molar-refractivity contribution in [1.29, 1.82) is 5.26 Å². The highest BCUT2D eigenvalue weighted by molar-refractivity contribution is 7.16. The lowest BCUT2D eigenvalue weighted by atomic mass is 10.2. The standard InChI is InChI=1S/C17H12N4S/c18-12-11-15-19-16(13-7-3-1-4-8-13)17(22-15)21-20-14-9-5-2-6-10-14/h1-10H,11H2. The zero-order chi connectivity index (χ0) is 15.2. The minimum absolute atomic E-state index is 0.283. The molecule has 0 N–H and O–H groups in total. The van der Waals surface area contributed by atoms with Crippen LogP contribution in [0.1, 0.15) is 5.01 Å². The second kappa shape index (κ2) is 6.74. The quantitative estimate of drug-likeness (QED) is 0.615. The molecule has 2 aromatic carbocycles. The largest absolute Gasteiger partial charge is 0.238 e. The van der Waals surface area contributed by atoms with Gasteiger partial charge in [-0.05, 0) is 12.1 Å². The Balaban J connectivity index is 1.99. The number of aromatic nitrogens is 1. The van der Waals surface area contributed by atoms with Gasteiger partial charge in [0.05, 0.1) is 18.2 Å². The van der Waals surface area contributed by atoms with Crippen molar-refractivity contribution in [3.8, 4) is 17.3 Å². The third-order valence-electron chi connectivity index (χ3n) is 2.94. The fourth-order valence-corrected chi connectivity index (χ4v) is 2.79. The highest BCUT2D eigenvalue weighted by Gasteiger charge is 2.12. The molecule has 0 atom stereocenters. The Morgan fingerprint density at radius 2 is 1.64 bits per heavy atom. The Morgan fingerprint density at radius 1 is 0.955 bits per heavy atom. The van der Waals surface area contributed by atoms with Crippen LogP contribution in [-0.2, 0) is 6.42 Å². The van der Waals surface area contributed by atoms with Crippen LogP contribution in [0.2, 0.25) is 0 Å². The summed E-state index contributed by atoms with van der Waals surface area (Å²) >= 11 is 1.40. The molecule has 0 saturated heterocycles. The molecule has 0 unspecified atom stereocenters. The fourth-order valence-electron chi connectivity index (χ4n) is 1.95. The number of hydrogen-bond acceptors (Lipinski definition) is 5. The molecule has 1 aromatic heterocycles. The molecule has 4 nitrogen and oxygen atoms in total. The summed E-state index contributed by atoms with van der Waals surface area (Å²) in [6, 6.07) is 21.5. The number of nitrogens with zero attached hydrogens (tertiary/aromatic N) is 4. The molecule has 0 aliphatic heterocycles. The fraction of sp³-hybridized carbons (Fsp3) is 0.0588. The third-order valence-corrected chi connectivity index (χ3v) is 3.88. The summed E-state index contributed by atoms with van der Waals surface area (Å²) in [5.41, 5.74) is 2.54. The molecule has 5 heteroatoms. The first-order valence-electron chi connectivity index (χ1n) is 6.75. The lowest BCUT2D eigenvalue weighted by molar-refractivity contribution is 1.18. The van der Waals surface area contributed by atoms with E-state index in [0.29, 0.717) is 0 Å². The molecule has 0 spiro atoms. The van der Waals surface area contributed by atoms with Crippen molar-refractivity contribution >= 4 is 22.0 Å². The smallest absolute Gasteiger partial charge is 0.166 e. The van der Waals surface area contributed by atoms with Crippen LogP contribution in [0.15, 0.2) is 70.9 Å². The summed E-state index contributed by atoms with van der Waals surface area (Å²) in [6.07, 6.45) is 0.283. The molecule has 0 radical (unpaired) electrons. The van der Waals surface area contributed by atoms with Crippen LogP contribution in [-0.4, -0.2) is 4.98 Å². The average molecular weight is 304 g/mol. The molecule has 22 heavy (non-hydrogen) atoms. The topological polar surface area (TPSA) is 61.4 Å². The Labute approximate surface area is 132 Å². The number of azo groups is 1. The molecule has 3 aromatic rings. The molecule has 0 aliphatic carbocycles. The monoisotopic (exact) mass is 304 g/mol. The van der Waals surface area contributed by atoms with E-state index in [1.54, 1.807) is 0 Å². The summed E-state index contributed by atoms with van der Waals surface area (Å²) < 4.78 is 0. The van der Waals surface area contributed by atoms with E-state index < -0.39 is 0 Å². The van der Waals surface area contributed by atoms with E-state index in [9.17, 15) is 0 Å². The van der Waals surface area contributed by atoms with Gasteiger partial charge in [-0.25, -0.2) is 4.98 Å². The van der Waals surface area contributed by atoms with Gasteiger partial charge in [0.2, 0.25) is 0 Å². The van der Waals surface area contributed by atoms with Crippen molar-refractivity contribution in [2.24, 2.45) is 10.2 Å². The van der Waals surface area contributed by atoms with Crippen LogP contribution < -0.4 is 0 Å². The van der Waals surface area contributed by atoms with E-state index in [4.69, 9.17) is 5.26 Å². The molecule has 0 bridgehead atoms. The van der Waals surface area contributed by atoms with Crippen molar-refractivity contribution in [2.45, 2.75) is 6.42 Å². The van der Waals surface area contributed by atoms with Crippen LogP contribution >= 0.6 is 11.3 Å². The molecule has 1 heterocycles. The van der Waals surface area contributed by atoms with Gasteiger partial charge >= 0.3 is 0 Å². The summed E-state index contributed by atoms with van der Waals surface area (Å²) in [6.45, 7) is 0. The van der Waals surface area contributed by atoms with Gasteiger partial charge in [-0.3, -0.25) is 0 Å². The Kier molecular flexibility index (Phi) is 4.33. The molecule has 0 aliphatic rings. The van der Waals surface area contributed by atoms with Crippen LogP contribution in [0.3, 0.4) is 0 Å². The second-order valence-electron chi connectivity index (χ2n) is 4.50. The van der Waals surface area contributed by atoms with E-state index in [1.807, 2.05) is 60.7 Å². The zero-order valence-electron chi connectivity index (χ0n) is 11.7. The normalized spacial score (nSPS) is 10.7. The zero-order valence-corrected chi connectivity index (χ0v) is 12.5. The van der Waals surface area contributed by atoms with Gasteiger partial charge < -0.3 is 0 Å². The highest BCUT2D eigenvalue weighted by Crippen LogP contribution is 2.36.